The Bertz CT molecular complexity index is 553. The van der Waals surface area contributed by atoms with Gasteiger partial charge in [0, 0.05) is 12.5 Å². The zero-order chi connectivity index (χ0) is 15.2. The largest absolute Gasteiger partial charge is 0.339 e. The van der Waals surface area contributed by atoms with E-state index in [2.05, 4.69) is 36.2 Å². The van der Waals surface area contributed by atoms with Crippen molar-refractivity contribution in [3.05, 3.63) is 47.4 Å². The van der Waals surface area contributed by atoms with E-state index in [9.17, 15) is 4.39 Å². The fourth-order valence-electron chi connectivity index (χ4n) is 2.07. The Morgan fingerprint density at radius 3 is 2.62 bits per heavy atom. The summed E-state index contributed by atoms with van der Waals surface area (Å²) in [6, 6.07) is 6.63. The minimum atomic E-state index is -0.239. The highest BCUT2D eigenvalue weighted by atomic mass is 19.1. The second kappa shape index (κ2) is 7.31. The van der Waals surface area contributed by atoms with Gasteiger partial charge in [-0.15, -0.1) is 0 Å². The fraction of sp³-hybridized carbons (Fsp3) is 0.500. The molecule has 0 fully saturated rings. The Labute approximate surface area is 124 Å². The molecule has 1 heterocycles. The lowest BCUT2D eigenvalue weighted by Gasteiger charge is -2.17. The molecule has 4 nitrogen and oxygen atoms in total. The van der Waals surface area contributed by atoms with Crippen LogP contribution in [0.5, 0.6) is 0 Å². The van der Waals surface area contributed by atoms with Crippen LogP contribution in [0.1, 0.15) is 50.4 Å². The van der Waals surface area contributed by atoms with E-state index in [1.807, 2.05) is 0 Å². The first-order chi connectivity index (χ1) is 10.1. The van der Waals surface area contributed by atoms with Crippen LogP contribution in [0.15, 0.2) is 28.8 Å². The lowest BCUT2D eigenvalue weighted by molar-refractivity contribution is 0.328. The highest BCUT2D eigenvalue weighted by molar-refractivity contribution is 5.19. The van der Waals surface area contributed by atoms with Crippen molar-refractivity contribution in [3.63, 3.8) is 0 Å². The van der Waals surface area contributed by atoms with Crippen molar-refractivity contribution in [1.29, 1.82) is 0 Å². The number of hydrogen-bond donors (Lipinski definition) is 1. The number of hydrogen-bond acceptors (Lipinski definition) is 4. The average Bonchev–Trinajstić information content (AvgIpc) is 2.95. The molecule has 1 aromatic heterocycles. The molecule has 2 atom stereocenters. The van der Waals surface area contributed by atoms with Crippen molar-refractivity contribution in [2.45, 2.75) is 45.6 Å². The van der Waals surface area contributed by atoms with E-state index >= 15 is 0 Å². The van der Waals surface area contributed by atoms with E-state index in [1.54, 1.807) is 12.1 Å². The Balaban J connectivity index is 1.98. The third-order valence-corrected chi connectivity index (χ3v) is 3.62. The second-order valence-electron chi connectivity index (χ2n) is 5.38. The van der Waals surface area contributed by atoms with Gasteiger partial charge in [0.05, 0.1) is 5.92 Å². The Morgan fingerprint density at radius 2 is 1.95 bits per heavy atom. The van der Waals surface area contributed by atoms with Crippen molar-refractivity contribution in [3.8, 4) is 0 Å². The van der Waals surface area contributed by atoms with E-state index in [1.165, 1.54) is 12.1 Å². The Morgan fingerprint density at radius 1 is 1.24 bits per heavy atom. The van der Waals surface area contributed by atoms with Crippen LogP contribution < -0.4 is 5.32 Å². The predicted octanol–water partition coefficient (Wildman–Crippen LogP) is 3.29. The third kappa shape index (κ3) is 4.36. The molecule has 0 bridgehead atoms. The molecule has 0 spiro atoms. The van der Waals surface area contributed by atoms with Gasteiger partial charge >= 0.3 is 0 Å². The molecule has 0 saturated carbocycles. The first-order valence-corrected chi connectivity index (χ1v) is 7.40. The molecule has 0 radical (unpaired) electrons. The van der Waals surface area contributed by atoms with E-state index < -0.39 is 0 Å². The molecule has 2 unspecified atom stereocenters. The molecule has 2 aromatic rings. The minimum absolute atomic E-state index is 0.158. The number of nitrogens with one attached hydrogen (secondary N) is 1. The summed E-state index contributed by atoms with van der Waals surface area (Å²) in [4.78, 5) is 4.45. The number of rotatable bonds is 7. The van der Waals surface area contributed by atoms with Gasteiger partial charge in [-0.05, 0) is 37.6 Å². The number of nitrogens with zero attached hydrogens (tertiary/aromatic N) is 2. The summed E-state index contributed by atoms with van der Waals surface area (Å²) in [5.41, 5.74) is 0.966. The molecule has 5 heteroatoms. The molecule has 21 heavy (non-hydrogen) atoms. The zero-order valence-corrected chi connectivity index (χ0v) is 12.8. The van der Waals surface area contributed by atoms with Crippen molar-refractivity contribution in [2.75, 3.05) is 6.54 Å². The molecule has 0 saturated heterocycles. The van der Waals surface area contributed by atoms with Gasteiger partial charge in [-0.1, -0.05) is 31.1 Å². The molecule has 0 aliphatic carbocycles. The molecule has 0 amide bonds. The topological polar surface area (TPSA) is 51.0 Å². The van der Waals surface area contributed by atoms with Gasteiger partial charge in [-0.2, -0.15) is 4.98 Å². The summed E-state index contributed by atoms with van der Waals surface area (Å²) in [5, 5.41) is 7.44. The van der Waals surface area contributed by atoms with Gasteiger partial charge in [0.2, 0.25) is 5.89 Å². The lowest BCUT2D eigenvalue weighted by atomic mass is 10.0. The van der Waals surface area contributed by atoms with Gasteiger partial charge in [0.25, 0.3) is 0 Å². The summed E-state index contributed by atoms with van der Waals surface area (Å²) in [5.74, 6) is 1.19. The lowest BCUT2D eigenvalue weighted by Crippen LogP contribution is -2.31. The summed E-state index contributed by atoms with van der Waals surface area (Å²) in [6.45, 7) is 7.30. The normalized spacial score (nSPS) is 14.1. The molecular weight excluding hydrogens is 269 g/mol. The van der Waals surface area contributed by atoms with E-state index in [4.69, 9.17) is 4.52 Å². The van der Waals surface area contributed by atoms with Gasteiger partial charge in [-0.25, -0.2) is 4.39 Å². The summed E-state index contributed by atoms with van der Waals surface area (Å²) >= 11 is 0. The quantitative estimate of drug-likeness (QED) is 0.850. The van der Waals surface area contributed by atoms with Gasteiger partial charge in [0.15, 0.2) is 5.82 Å². The maximum atomic E-state index is 12.9. The number of aromatic nitrogens is 2. The SMILES string of the molecule is CCCNC(C)C(C)c1nc(Cc2ccc(F)cc2)no1. The fourth-order valence-corrected chi connectivity index (χ4v) is 2.07. The molecule has 0 aliphatic rings. The van der Waals surface area contributed by atoms with Crippen molar-refractivity contribution < 1.29 is 8.91 Å². The van der Waals surface area contributed by atoms with Gasteiger partial charge in [-0.3, -0.25) is 0 Å². The molecule has 0 aliphatic heterocycles. The summed E-state index contributed by atoms with van der Waals surface area (Å²) < 4.78 is 18.2. The summed E-state index contributed by atoms with van der Waals surface area (Å²) in [6.07, 6.45) is 1.64. The molecular formula is C16H22FN3O. The van der Waals surface area contributed by atoms with Gasteiger partial charge in [0.1, 0.15) is 5.82 Å². The highest BCUT2D eigenvalue weighted by Crippen LogP contribution is 2.18. The minimum Gasteiger partial charge on any atom is -0.339 e. The zero-order valence-electron chi connectivity index (χ0n) is 12.8. The van der Waals surface area contributed by atoms with E-state index in [0.717, 1.165) is 18.5 Å². The average molecular weight is 291 g/mol. The predicted molar refractivity (Wildman–Crippen MR) is 79.7 cm³/mol. The molecule has 2 rings (SSSR count). The van der Waals surface area contributed by atoms with Crippen molar-refractivity contribution in [1.82, 2.24) is 15.5 Å². The third-order valence-electron chi connectivity index (χ3n) is 3.62. The maximum Gasteiger partial charge on any atom is 0.231 e. The smallest absolute Gasteiger partial charge is 0.231 e. The van der Waals surface area contributed by atoms with Crippen LogP contribution in [-0.2, 0) is 6.42 Å². The van der Waals surface area contributed by atoms with Crippen LogP contribution in [0.3, 0.4) is 0 Å². The monoisotopic (exact) mass is 291 g/mol. The first kappa shape index (κ1) is 15.6. The highest BCUT2D eigenvalue weighted by Gasteiger charge is 2.20. The molecule has 1 N–H and O–H groups in total. The standard InChI is InChI=1S/C16H22FN3O/c1-4-9-18-12(3)11(2)16-19-15(20-21-16)10-13-5-7-14(17)8-6-13/h5-8,11-12,18H,4,9-10H2,1-3H3. The molecule has 114 valence electrons. The first-order valence-electron chi connectivity index (χ1n) is 7.40. The van der Waals surface area contributed by atoms with Crippen LogP contribution in [0, 0.1) is 5.82 Å². The Hall–Kier alpha value is -1.75. The maximum absolute atomic E-state index is 12.9. The van der Waals surface area contributed by atoms with E-state index in [0.29, 0.717) is 18.1 Å². The number of benzene rings is 1. The van der Waals surface area contributed by atoms with Crippen molar-refractivity contribution >= 4 is 0 Å². The van der Waals surface area contributed by atoms with E-state index in [-0.39, 0.29) is 17.8 Å². The Kier molecular flexibility index (Phi) is 5.44. The van der Waals surface area contributed by atoms with Crippen LogP contribution in [0.4, 0.5) is 4.39 Å². The van der Waals surface area contributed by atoms with Crippen LogP contribution in [-0.4, -0.2) is 22.7 Å². The van der Waals surface area contributed by atoms with Crippen LogP contribution in [0.2, 0.25) is 0 Å². The second-order valence-corrected chi connectivity index (χ2v) is 5.38. The molecule has 1 aromatic carbocycles. The van der Waals surface area contributed by atoms with Crippen LogP contribution in [0.25, 0.3) is 0 Å². The summed E-state index contributed by atoms with van der Waals surface area (Å²) in [7, 11) is 0. The van der Waals surface area contributed by atoms with Crippen LogP contribution >= 0.6 is 0 Å². The number of halogens is 1. The van der Waals surface area contributed by atoms with Gasteiger partial charge < -0.3 is 9.84 Å². The van der Waals surface area contributed by atoms with Crippen molar-refractivity contribution in [2.24, 2.45) is 0 Å².